The fraction of sp³-hybridized carbons (Fsp3) is 0.500. The number of nitrogens with zero attached hydrogens (tertiary/aromatic N) is 1. The molecule has 0 saturated carbocycles. The van der Waals surface area contributed by atoms with Gasteiger partial charge in [-0.05, 0) is 12.5 Å². The maximum absolute atomic E-state index is 3.70. The second-order valence-electron chi connectivity index (χ2n) is 1.28. The van der Waals surface area contributed by atoms with Gasteiger partial charge in [0.05, 0.1) is 6.20 Å². The monoisotopic (exact) mass is 112 g/mol. The lowest BCUT2D eigenvalue weighted by Gasteiger charge is -1.62. The molecule has 1 aromatic heterocycles. The molecule has 0 spiro atoms. The van der Waals surface area contributed by atoms with Gasteiger partial charge in [0.25, 0.3) is 0 Å². The highest BCUT2D eigenvalue weighted by Crippen LogP contribution is 1.84. The molecule has 0 aliphatic rings. The fourth-order valence-corrected chi connectivity index (χ4v) is 0.315. The van der Waals surface area contributed by atoms with Gasteiger partial charge < -0.3 is 0 Å². The molecule has 8 heavy (non-hydrogen) atoms. The lowest BCUT2D eigenvalue weighted by molar-refractivity contribution is 1.09. The fourth-order valence-electron chi connectivity index (χ4n) is 0.315. The minimum atomic E-state index is 1.18. The Morgan fingerprint density at radius 1 is 1.50 bits per heavy atom. The van der Waals surface area contributed by atoms with Crippen molar-refractivity contribution in [1.82, 2.24) is 10.2 Å². The van der Waals surface area contributed by atoms with E-state index in [1.54, 1.807) is 6.20 Å². The number of aromatic nitrogens is 2. The van der Waals surface area contributed by atoms with Crippen molar-refractivity contribution < 1.29 is 0 Å². The van der Waals surface area contributed by atoms with E-state index in [2.05, 4.69) is 10.2 Å². The Morgan fingerprint density at radius 2 is 2.12 bits per heavy atom. The standard InChI is InChI=1S/C4H6N2.C2H6/c1-4-2-5-6-3-4;1-2/h2-3H,1H3,(H,5,6);1-2H3. The van der Waals surface area contributed by atoms with Gasteiger partial charge in [-0.3, -0.25) is 5.10 Å². The topological polar surface area (TPSA) is 28.7 Å². The minimum Gasteiger partial charge on any atom is -0.285 e. The van der Waals surface area contributed by atoms with Gasteiger partial charge in [-0.25, -0.2) is 0 Å². The van der Waals surface area contributed by atoms with Crippen molar-refractivity contribution >= 4 is 0 Å². The van der Waals surface area contributed by atoms with E-state index in [1.807, 2.05) is 27.0 Å². The maximum atomic E-state index is 3.70. The first-order chi connectivity index (χ1) is 3.89. The van der Waals surface area contributed by atoms with Crippen molar-refractivity contribution in [2.45, 2.75) is 20.8 Å². The highest BCUT2D eigenvalue weighted by atomic mass is 15.1. The molecule has 1 N–H and O–H groups in total. The summed E-state index contributed by atoms with van der Waals surface area (Å²) >= 11 is 0. The Balaban J connectivity index is 0.000000222. The third-order valence-corrected chi connectivity index (χ3v) is 0.635. The van der Waals surface area contributed by atoms with E-state index in [4.69, 9.17) is 0 Å². The van der Waals surface area contributed by atoms with Crippen molar-refractivity contribution in [3.05, 3.63) is 18.0 Å². The second-order valence-corrected chi connectivity index (χ2v) is 1.28. The number of rotatable bonds is 0. The summed E-state index contributed by atoms with van der Waals surface area (Å²) in [5.74, 6) is 0. The van der Waals surface area contributed by atoms with E-state index in [9.17, 15) is 0 Å². The molecule has 1 aromatic rings. The van der Waals surface area contributed by atoms with Crippen LogP contribution in [0.5, 0.6) is 0 Å². The lowest BCUT2D eigenvalue weighted by atomic mass is 10.4. The summed E-state index contributed by atoms with van der Waals surface area (Å²) in [6, 6.07) is 0. The summed E-state index contributed by atoms with van der Waals surface area (Å²) < 4.78 is 0. The number of hydrogen-bond donors (Lipinski definition) is 1. The number of hydrogen-bond acceptors (Lipinski definition) is 1. The van der Waals surface area contributed by atoms with Gasteiger partial charge in [0.15, 0.2) is 0 Å². The van der Waals surface area contributed by atoms with Crippen LogP contribution in [0.4, 0.5) is 0 Å². The third kappa shape index (κ3) is 2.39. The first-order valence-electron chi connectivity index (χ1n) is 2.85. The zero-order valence-corrected chi connectivity index (χ0v) is 5.60. The molecular formula is C6H12N2. The quantitative estimate of drug-likeness (QED) is 0.544. The molecule has 1 heterocycles. The molecule has 0 aromatic carbocycles. The van der Waals surface area contributed by atoms with Gasteiger partial charge >= 0.3 is 0 Å². The Bertz CT molecular complexity index is 110. The van der Waals surface area contributed by atoms with Gasteiger partial charge in [0, 0.05) is 6.20 Å². The molecule has 0 aliphatic heterocycles. The van der Waals surface area contributed by atoms with E-state index in [0.717, 1.165) is 0 Å². The van der Waals surface area contributed by atoms with Gasteiger partial charge in [-0.1, -0.05) is 13.8 Å². The molecule has 0 unspecified atom stereocenters. The maximum Gasteiger partial charge on any atom is 0.0516 e. The number of aryl methyl sites for hydroxylation is 1. The average Bonchev–Trinajstić information content (AvgIpc) is 2.24. The smallest absolute Gasteiger partial charge is 0.0516 e. The predicted octanol–water partition coefficient (Wildman–Crippen LogP) is 1.74. The summed E-state index contributed by atoms with van der Waals surface area (Å²) in [7, 11) is 0. The molecule has 0 aliphatic carbocycles. The zero-order valence-electron chi connectivity index (χ0n) is 5.60. The van der Waals surface area contributed by atoms with Gasteiger partial charge in [0.1, 0.15) is 0 Å². The minimum absolute atomic E-state index is 1.18. The highest BCUT2D eigenvalue weighted by molar-refractivity contribution is 4.96. The molecule has 0 amide bonds. The molecule has 2 heteroatoms. The van der Waals surface area contributed by atoms with Crippen LogP contribution in [0.1, 0.15) is 19.4 Å². The van der Waals surface area contributed by atoms with E-state index in [1.165, 1.54) is 5.56 Å². The number of H-pyrrole nitrogens is 1. The van der Waals surface area contributed by atoms with Crippen molar-refractivity contribution in [2.24, 2.45) is 0 Å². The van der Waals surface area contributed by atoms with E-state index < -0.39 is 0 Å². The molecule has 0 fully saturated rings. The predicted molar refractivity (Wildman–Crippen MR) is 34.7 cm³/mol. The normalized spacial score (nSPS) is 7.38. The first-order valence-corrected chi connectivity index (χ1v) is 2.85. The average molecular weight is 112 g/mol. The summed E-state index contributed by atoms with van der Waals surface area (Å²) in [6.07, 6.45) is 3.62. The van der Waals surface area contributed by atoms with Crippen molar-refractivity contribution in [3.63, 3.8) is 0 Å². The third-order valence-electron chi connectivity index (χ3n) is 0.635. The van der Waals surface area contributed by atoms with Crippen LogP contribution in [-0.4, -0.2) is 10.2 Å². The van der Waals surface area contributed by atoms with Gasteiger partial charge in [-0.2, -0.15) is 5.10 Å². The van der Waals surface area contributed by atoms with Crippen LogP contribution in [0.15, 0.2) is 12.4 Å². The first kappa shape index (κ1) is 7.21. The van der Waals surface area contributed by atoms with Gasteiger partial charge in [-0.15, -0.1) is 0 Å². The summed E-state index contributed by atoms with van der Waals surface area (Å²) in [4.78, 5) is 0. The van der Waals surface area contributed by atoms with Crippen LogP contribution < -0.4 is 0 Å². The largest absolute Gasteiger partial charge is 0.285 e. The number of nitrogens with one attached hydrogen (secondary N) is 1. The molecule has 0 bridgehead atoms. The van der Waals surface area contributed by atoms with Crippen LogP contribution in [0.2, 0.25) is 0 Å². The van der Waals surface area contributed by atoms with E-state index in [0.29, 0.717) is 0 Å². The van der Waals surface area contributed by atoms with Crippen LogP contribution in [-0.2, 0) is 0 Å². The van der Waals surface area contributed by atoms with Crippen molar-refractivity contribution in [2.75, 3.05) is 0 Å². The molecule has 46 valence electrons. The lowest BCUT2D eigenvalue weighted by Crippen LogP contribution is -1.53. The van der Waals surface area contributed by atoms with Crippen LogP contribution in [0, 0.1) is 6.92 Å². The van der Waals surface area contributed by atoms with Crippen LogP contribution in [0.25, 0.3) is 0 Å². The SMILES string of the molecule is CC.Cc1cn[nH]c1. The van der Waals surface area contributed by atoms with E-state index in [-0.39, 0.29) is 0 Å². The molecule has 1 rings (SSSR count). The Kier molecular flexibility index (Phi) is 3.94. The van der Waals surface area contributed by atoms with Crippen molar-refractivity contribution in [3.8, 4) is 0 Å². The molecular weight excluding hydrogens is 100 g/mol. The molecule has 0 saturated heterocycles. The Hall–Kier alpha value is -0.790. The van der Waals surface area contributed by atoms with Crippen LogP contribution >= 0.6 is 0 Å². The molecule has 0 radical (unpaired) electrons. The Morgan fingerprint density at radius 3 is 2.25 bits per heavy atom. The number of aromatic amines is 1. The van der Waals surface area contributed by atoms with Crippen molar-refractivity contribution in [1.29, 1.82) is 0 Å². The zero-order chi connectivity index (χ0) is 6.41. The second kappa shape index (κ2) is 4.37. The molecule has 2 nitrogen and oxygen atoms in total. The van der Waals surface area contributed by atoms with Gasteiger partial charge in [0.2, 0.25) is 0 Å². The molecule has 0 atom stereocenters. The van der Waals surface area contributed by atoms with E-state index >= 15 is 0 Å². The highest BCUT2D eigenvalue weighted by Gasteiger charge is 1.74. The Labute approximate surface area is 49.9 Å². The van der Waals surface area contributed by atoms with Crippen LogP contribution in [0.3, 0.4) is 0 Å². The summed E-state index contributed by atoms with van der Waals surface area (Å²) in [5, 5.41) is 6.38. The summed E-state index contributed by atoms with van der Waals surface area (Å²) in [6.45, 7) is 5.99. The summed E-state index contributed by atoms with van der Waals surface area (Å²) in [5.41, 5.74) is 1.18.